The highest BCUT2D eigenvalue weighted by molar-refractivity contribution is 6.32. The van der Waals surface area contributed by atoms with Gasteiger partial charge in [-0.25, -0.2) is 0 Å². The van der Waals surface area contributed by atoms with Gasteiger partial charge in [0.05, 0.1) is 25.5 Å². The van der Waals surface area contributed by atoms with Gasteiger partial charge in [0.25, 0.3) is 5.91 Å². The molecule has 0 saturated heterocycles. The van der Waals surface area contributed by atoms with E-state index in [1.54, 1.807) is 12.1 Å². The summed E-state index contributed by atoms with van der Waals surface area (Å²) in [5, 5.41) is 6.56. The fourth-order valence-electron chi connectivity index (χ4n) is 2.12. The fourth-order valence-corrected chi connectivity index (χ4v) is 2.42. The molecule has 0 fully saturated rings. The van der Waals surface area contributed by atoms with Crippen LogP contribution in [0.2, 0.25) is 5.02 Å². The third-order valence-electron chi connectivity index (χ3n) is 3.29. The van der Waals surface area contributed by atoms with Crippen LogP contribution in [0.5, 0.6) is 17.2 Å². The van der Waals surface area contributed by atoms with E-state index in [4.69, 9.17) is 25.9 Å². The minimum absolute atomic E-state index is 0.0116. The average Bonchev–Trinajstić information content (AvgIpc) is 2.66. The van der Waals surface area contributed by atoms with Crippen molar-refractivity contribution in [3.8, 4) is 17.2 Å². The molecule has 0 aromatic heterocycles. The maximum absolute atomic E-state index is 12.1. The first-order chi connectivity index (χ1) is 13.4. The highest BCUT2D eigenvalue weighted by Crippen LogP contribution is 2.35. The summed E-state index contributed by atoms with van der Waals surface area (Å²) in [7, 11) is 2.95. The molecule has 0 spiro atoms. The van der Waals surface area contributed by atoms with Gasteiger partial charge in [0.1, 0.15) is 5.75 Å². The highest BCUT2D eigenvalue weighted by atomic mass is 35.5. The Hall–Kier alpha value is -3.07. The molecule has 2 aromatic carbocycles. The van der Waals surface area contributed by atoms with Crippen molar-refractivity contribution >= 4 is 29.4 Å². The summed E-state index contributed by atoms with van der Waals surface area (Å²) in [4.78, 5) is 16.7. The minimum atomic E-state index is -2.91. The van der Waals surface area contributed by atoms with Crippen LogP contribution >= 0.6 is 11.6 Å². The molecule has 0 heterocycles. The van der Waals surface area contributed by atoms with Crippen molar-refractivity contribution in [1.82, 2.24) is 0 Å². The van der Waals surface area contributed by atoms with Gasteiger partial charge in [-0.1, -0.05) is 16.8 Å². The number of benzene rings is 2. The number of rotatable bonds is 9. The molecule has 1 N–H and O–H groups in total. The van der Waals surface area contributed by atoms with E-state index < -0.39 is 12.5 Å². The van der Waals surface area contributed by atoms with Gasteiger partial charge in [-0.05, 0) is 36.4 Å². The van der Waals surface area contributed by atoms with E-state index >= 15 is 0 Å². The van der Waals surface area contributed by atoms with Crippen LogP contribution in [0, 0.1) is 0 Å². The zero-order valence-corrected chi connectivity index (χ0v) is 15.7. The van der Waals surface area contributed by atoms with Crippen molar-refractivity contribution in [1.29, 1.82) is 0 Å². The topological polar surface area (TPSA) is 78.4 Å². The third kappa shape index (κ3) is 6.27. The number of halogens is 3. The summed E-state index contributed by atoms with van der Waals surface area (Å²) in [5.41, 5.74) is 0.976. The molecule has 0 unspecified atom stereocenters. The number of carbonyl (C=O) groups is 1. The normalized spacial score (nSPS) is 10.8. The Morgan fingerprint density at radius 2 is 1.93 bits per heavy atom. The van der Waals surface area contributed by atoms with Crippen LogP contribution in [0.1, 0.15) is 5.56 Å². The molecular weight excluding hydrogens is 398 g/mol. The van der Waals surface area contributed by atoms with E-state index in [2.05, 4.69) is 15.2 Å². The average molecular weight is 415 g/mol. The first-order valence-corrected chi connectivity index (χ1v) is 8.22. The zero-order valence-electron chi connectivity index (χ0n) is 14.9. The number of methoxy groups -OCH3 is 2. The largest absolute Gasteiger partial charge is 0.493 e. The molecule has 0 atom stereocenters. The number of carbonyl (C=O) groups excluding carboxylic acids is 1. The Bertz CT molecular complexity index is 831. The van der Waals surface area contributed by atoms with Crippen molar-refractivity contribution in [2.45, 2.75) is 6.61 Å². The number of alkyl halides is 2. The maximum atomic E-state index is 12.1. The second-order valence-corrected chi connectivity index (χ2v) is 5.60. The van der Waals surface area contributed by atoms with E-state index in [1.807, 2.05) is 0 Å². The Kier molecular flexibility index (Phi) is 7.82. The van der Waals surface area contributed by atoms with Gasteiger partial charge >= 0.3 is 6.61 Å². The molecule has 28 heavy (non-hydrogen) atoms. The Morgan fingerprint density at radius 1 is 1.21 bits per heavy atom. The van der Waals surface area contributed by atoms with E-state index in [0.29, 0.717) is 27.8 Å². The first kappa shape index (κ1) is 21.2. The number of ether oxygens (including phenoxy) is 3. The molecule has 150 valence electrons. The molecule has 0 saturated carbocycles. The number of anilines is 1. The number of hydrogen-bond donors (Lipinski definition) is 1. The standard InChI is InChI=1S/C18H17ClF2N2O5/c1-25-15-8-11(7-14(19)17(15)26-2)9-22-27-10-16(24)23-12-3-5-13(6-4-12)28-18(20)21/h3-9,18H,10H2,1-2H3,(H,23,24)/b22-9+. The predicted octanol–water partition coefficient (Wildman–Crippen LogP) is 3.95. The molecule has 2 rings (SSSR count). The van der Waals surface area contributed by atoms with Gasteiger partial charge in [0.15, 0.2) is 18.1 Å². The van der Waals surface area contributed by atoms with E-state index in [9.17, 15) is 13.6 Å². The van der Waals surface area contributed by atoms with Crippen molar-refractivity contribution in [3.63, 3.8) is 0 Å². The van der Waals surface area contributed by atoms with Crippen LogP contribution in [-0.4, -0.2) is 39.6 Å². The van der Waals surface area contributed by atoms with Crippen LogP contribution in [0.25, 0.3) is 0 Å². The molecule has 1 amide bonds. The Balaban J connectivity index is 1.85. The number of nitrogens with one attached hydrogen (secondary N) is 1. The molecule has 0 aliphatic heterocycles. The lowest BCUT2D eigenvalue weighted by atomic mass is 10.2. The molecular formula is C18H17ClF2N2O5. The number of oxime groups is 1. The predicted molar refractivity (Wildman–Crippen MR) is 99.8 cm³/mol. The molecule has 2 aromatic rings. The third-order valence-corrected chi connectivity index (χ3v) is 3.57. The lowest BCUT2D eigenvalue weighted by Gasteiger charge is -2.09. The lowest BCUT2D eigenvalue weighted by Crippen LogP contribution is -2.16. The lowest BCUT2D eigenvalue weighted by molar-refractivity contribution is -0.120. The molecule has 0 aliphatic carbocycles. The van der Waals surface area contributed by atoms with E-state index in [-0.39, 0.29) is 12.4 Å². The summed E-state index contributed by atoms with van der Waals surface area (Å²) in [5.74, 6) is 0.326. The van der Waals surface area contributed by atoms with Gasteiger partial charge in [0.2, 0.25) is 0 Å². The second kappa shape index (κ2) is 10.3. The fraction of sp³-hybridized carbons (Fsp3) is 0.222. The minimum Gasteiger partial charge on any atom is -0.493 e. The number of hydrogen-bond acceptors (Lipinski definition) is 6. The molecule has 7 nitrogen and oxygen atoms in total. The van der Waals surface area contributed by atoms with Crippen LogP contribution in [0.15, 0.2) is 41.6 Å². The van der Waals surface area contributed by atoms with Gasteiger partial charge < -0.3 is 24.4 Å². The van der Waals surface area contributed by atoms with Crippen LogP contribution in [0.3, 0.4) is 0 Å². The maximum Gasteiger partial charge on any atom is 0.387 e. The molecule has 0 bridgehead atoms. The second-order valence-electron chi connectivity index (χ2n) is 5.20. The molecule has 0 aliphatic rings. The van der Waals surface area contributed by atoms with E-state index in [1.165, 1.54) is 44.7 Å². The quantitative estimate of drug-likeness (QED) is 0.496. The monoisotopic (exact) mass is 414 g/mol. The SMILES string of the molecule is COc1cc(/C=N/OCC(=O)Nc2ccc(OC(F)F)cc2)cc(Cl)c1OC. The summed E-state index contributed by atoms with van der Waals surface area (Å²) in [6, 6.07) is 8.69. The summed E-state index contributed by atoms with van der Waals surface area (Å²) in [6.07, 6.45) is 1.36. The molecule has 0 radical (unpaired) electrons. The van der Waals surface area contributed by atoms with Gasteiger partial charge in [-0.2, -0.15) is 8.78 Å². The Morgan fingerprint density at radius 3 is 2.54 bits per heavy atom. The van der Waals surface area contributed by atoms with Gasteiger partial charge in [0, 0.05) is 11.3 Å². The zero-order chi connectivity index (χ0) is 20.5. The molecule has 10 heteroatoms. The number of amides is 1. The highest BCUT2D eigenvalue weighted by Gasteiger charge is 2.10. The van der Waals surface area contributed by atoms with Crippen molar-refractivity contribution in [2.24, 2.45) is 5.16 Å². The summed E-state index contributed by atoms with van der Waals surface area (Å²) < 4.78 is 38.7. The summed E-state index contributed by atoms with van der Waals surface area (Å²) in [6.45, 7) is -3.26. The van der Waals surface area contributed by atoms with Crippen molar-refractivity contribution in [2.75, 3.05) is 26.1 Å². The van der Waals surface area contributed by atoms with E-state index in [0.717, 1.165) is 0 Å². The van der Waals surface area contributed by atoms with Crippen LogP contribution < -0.4 is 19.5 Å². The smallest absolute Gasteiger partial charge is 0.387 e. The van der Waals surface area contributed by atoms with Crippen LogP contribution in [0.4, 0.5) is 14.5 Å². The van der Waals surface area contributed by atoms with Crippen LogP contribution in [-0.2, 0) is 9.63 Å². The first-order valence-electron chi connectivity index (χ1n) is 7.84. The van der Waals surface area contributed by atoms with Gasteiger partial charge in [-0.3, -0.25) is 4.79 Å². The van der Waals surface area contributed by atoms with Crippen molar-refractivity contribution in [3.05, 3.63) is 47.0 Å². The van der Waals surface area contributed by atoms with Gasteiger partial charge in [-0.15, -0.1) is 0 Å². The van der Waals surface area contributed by atoms with Crippen molar-refractivity contribution < 1.29 is 32.6 Å². The summed E-state index contributed by atoms with van der Waals surface area (Å²) >= 11 is 6.08. The number of nitrogens with zero attached hydrogens (tertiary/aromatic N) is 1. The Labute approximate surface area is 164 Å².